The van der Waals surface area contributed by atoms with E-state index in [-0.39, 0.29) is 0 Å². The van der Waals surface area contributed by atoms with Crippen molar-refractivity contribution in [3.05, 3.63) is 82.4 Å². The Morgan fingerprint density at radius 3 is 1.95 bits per heavy atom. The van der Waals surface area contributed by atoms with Crippen LogP contribution in [0, 0.1) is 0 Å². The molecule has 112 valence electrons. The van der Waals surface area contributed by atoms with Gasteiger partial charge in [-0.1, -0.05) is 60.2 Å². The SMILES string of the molecule is C/C=C/CCc1ccc(/C=N/N=C/c2ccc(Cl)cc2)cc1. The number of nitrogens with zero attached hydrogens (tertiary/aromatic N) is 2. The molecule has 0 bridgehead atoms. The minimum Gasteiger partial charge on any atom is -0.159 e. The number of hydrogen-bond donors (Lipinski definition) is 0. The highest BCUT2D eigenvalue weighted by atomic mass is 35.5. The maximum atomic E-state index is 5.83. The highest BCUT2D eigenvalue weighted by molar-refractivity contribution is 6.30. The van der Waals surface area contributed by atoms with Gasteiger partial charge in [-0.2, -0.15) is 10.2 Å². The summed E-state index contributed by atoms with van der Waals surface area (Å²) in [5.41, 5.74) is 3.35. The van der Waals surface area contributed by atoms with Crippen molar-refractivity contribution >= 4 is 24.0 Å². The van der Waals surface area contributed by atoms with E-state index in [0.717, 1.165) is 29.0 Å². The van der Waals surface area contributed by atoms with Crippen molar-refractivity contribution in [3.8, 4) is 0 Å². The van der Waals surface area contributed by atoms with Gasteiger partial charge in [-0.05, 0) is 48.6 Å². The first-order valence-corrected chi connectivity index (χ1v) is 7.68. The zero-order valence-electron chi connectivity index (χ0n) is 12.6. The first kappa shape index (κ1) is 16.2. The number of halogens is 1. The lowest BCUT2D eigenvalue weighted by molar-refractivity contribution is 0.999. The molecule has 2 rings (SSSR count). The average molecular weight is 311 g/mol. The average Bonchev–Trinajstić information content (AvgIpc) is 2.55. The van der Waals surface area contributed by atoms with Gasteiger partial charge in [0.05, 0.1) is 12.4 Å². The molecule has 0 unspecified atom stereocenters. The summed E-state index contributed by atoms with van der Waals surface area (Å²) in [4.78, 5) is 0. The van der Waals surface area contributed by atoms with Crippen molar-refractivity contribution in [3.63, 3.8) is 0 Å². The van der Waals surface area contributed by atoms with Crippen LogP contribution in [-0.4, -0.2) is 12.4 Å². The van der Waals surface area contributed by atoms with Crippen molar-refractivity contribution in [1.29, 1.82) is 0 Å². The van der Waals surface area contributed by atoms with E-state index in [1.165, 1.54) is 5.56 Å². The third-order valence-corrected chi connectivity index (χ3v) is 3.42. The molecule has 0 aliphatic rings. The molecule has 0 fully saturated rings. The second-order valence-corrected chi connectivity index (χ2v) is 5.33. The zero-order valence-corrected chi connectivity index (χ0v) is 13.4. The monoisotopic (exact) mass is 310 g/mol. The summed E-state index contributed by atoms with van der Waals surface area (Å²) < 4.78 is 0. The van der Waals surface area contributed by atoms with Gasteiger partial charge in [-0.3, -0.25) is 0 Å². The Bertz CT molecular complexity index is 653. The molecule has 0 heterocycles. The first-order valence-electron chi connectivity index (χ1n) is 7.30. The Morgan fingerprint density at radius 2 is 1.41 bits per heavy atom. The second kappa shape index (κ2) is 8.96. The molecule has 22 heavy (non-hydrogen) atoms. The lowest BCUT2D eigenvalue weighted by atomic mass is 10.1. The highest BCUT2D eigenvalue weighted by Gasteiger charge is 1.92. The van der Waals surface area contributed by atoms with Gasteiger partial charge in [0.1, 0.15) is 0 Å². The summed E-state index contributed by atoms with van der Waals surface area (Å²) in [6.07, 6.45) is 9.87. The lowest BCUT2D eigenvalue weighted by Gasteiger charge is -1.98. The molecule has 0 N–H and O–H groups in total. The molecule has 0 aliphatic carbocycles. The predicted molar refractivity (Wildman–Crippen MR) is 96.2 cm³/mol. The second-order valence-electron chi connectivity index (χ2n) is 4.89. The van der Waals surface area contributed by atoms with Crippen LogP contribution >= 0.6 is 11.6 Å². The number of hydrogen-bond acceptors (Lipinski definition) is 2. The summed E-state index contributed by atoms with van der Waals surface area (Å²) in [7, 11) is 0. The molecule has 0 aromatic heterocycles. The molecule has 0 saturated heterocycles. The van der Waals surface area contributed by atoms with Crippen LogP contribution in [0.2, 0.25) is 5.02 Å². The van der Waals surface area contributed by atoms with E-state index in [0.29, 0.717) is 0 Å². The van der Waals surface area contributed by atoms with Crippen LogP contribution < -0.4 is 0 Å². The van der Waals surface area contributed by atoms with Gasteiger partial charge in [-0.25, -0.2) is 0 Å². The fourth-order valence-electron chi connectivity index (χ4n) is 1.94. The maximum Gasteiger partial charge on any atom is 0.0568 e. The van der Waals surface area contributed by atoms with E-state index >= 15 is 0 Å². The smallest absolute Gasteiger partial charge is 0.0568 e. The number of aryl methyl sites for hydroxylation is 1. The van der Waals surface area contributed by atoms with Gasteiger partial charge < -0.3 is 0 Å². The summed E-state index contributed by atoms with van der Waals surface area (Å²) in [5.74, 6) is 0. The molecule has 3 heteroatoms. The maximum absolute atomic E-state index is 5.83. The van der Waals surface area contributed by atoms with E-state index in [1.807, 2.05) is 31.2 Å². The fraction of sp³-hybridized carbons (Fsp3) is 0.158. The molecule has 0 atom stereocenters. The molecule has 0 aliphatic heterocycles. The van der Waals surface area contributed by atoms with Crippen LogP contribution in [0.15, 0.2) is 70.9 Å². The topological polar surface area (TPSA) is 24.7 Å². The molecular weight excluding hydrogens is 292 g/mol. The van der Waals surface area contributed by atoms with E-state index in [1.54, 1.807) is 12.4 Å². The van der Waals surface area contributed by atoms with Crippen molar-refractivity contribution in [1.82, 2.24) is 0 Å². The summed E-state index contributed by atoms with van der Waals surface area (Å²) in [5, 5.41) is 8.82. The summed E-state index contributed by atoms with van der Waals surface area (Å²) in [6, 6.07) is 15.9. The van der Waals surface area contributed by atoms with E-state index in [4.69, 9.17) is 11.6 Å². The molecular formula is C19H19ClN2. The van der Waals surface area contributed by atoms with E-state index < -0.39 is 0 Å². The predicted octanol–water partition coefficient (Wildman–Crippen LogP) is 5.30. The van der Waals surface area contributed by atoms with Gasteiger partial charge in [-0.15, -0.1) is 0 Å². The Balaban J connectivity index is 1.88. The Labute approximate surface area is 136 Å². The number of benzene rings is 2. The fourth-order valence-corrected chi connectivity index (χ4v) is 2.06. The number of allylic oxidation sites excluding steroid dienone is 2. The van der Waals surface area contributed by atoms with Crippen LogP contribution in [0.25, 0.3) is 0 Å². The van der Waals surface area contributed by atoms with Crippen LogP contribution in [0.4, 0.5) is 0 Å². The molecule has 0 spiro atoms. The van der Waals surface area contributed by atoms with Crippen molar-refractivity contribution in [2.24, 2.45) is 10.2 Å². The van der Waals surface area contributed by atoms with Crippen molar-refractivity contribution < 1.29 is 0 Å². The lowest BCUT2D eigenvalue weighted by Crippen LogP contribution is -1.86. The minimum absolute atomic E-state index is 0.718. The van der Waals surface area contributed by atoms with Crippen molar-refractivity contribution in [2.45, 2.75) is 19.8 Å². The normalized spacial score (nSPS) is 11.9. The first-order chi connectivity index (χ1) is 10.8. The molecule has 0 saturated carbocycles. The third-order valence-electron chi connectivity index (χ3n) is 3.17. The van der Waals surface area contributed by atoms with Crippen LogP contribution in [0.1, 0.15) is 30.0 Å². The van der Waals surface area contributed by atoms with E-state index in [2.05, 4.69) is 46.6 Å². The Kier molecular flexibility index (Phi) is 6.59. The minimum atomic E-state index is 0.718. The van der Waals surface area contributed by atoms with Crippen molar-refractivity contribution in [2.75, 3.05) is 0 Å². The quantitative estimate of drug-likeness (QED) is 0.393. The molecule has 0 amide bonds. The summed E-state index contributed by atoms with van der Waals surface area (Å²) in [6.45, 7) is 2.05. The van der Waals surface area contributed by atoms with Gasteiger partial charge in [0.15, 0.2) is 0 Å². The Hall–Kier alpha value is -2.19. The summed E-state index contributed by atoms with van der Waals surface area (Å²) >= 11 is 5.83. The third kappa shape index (κ3) is 5.66. The van der Waals surface area contributed by atoms with E-state index in [9.17, 15) is 0 Å². The molecule has 2 aromatic carbocycles. The Morgan fingerprint density at radius 1 is 0.864 bits per heavy atom. The largest absolute Gasteiger partial charge is 0.159 e. The van der Waals surface area contributed by atoms with Gasteiger partial charge in [0.2, 0.25) is 0 Å². The standard InChI is InChI=1S/C19H19ClN2/c1-2-3-4-5-16-6-8-17(9-7-16)14-21-22-15-18-10-12-19(20)13-11-18/h2-3,6-15H,4-5H2,1H3/b3-2+,21-14+,22-15+. The van der Waals surface area contributed by atoms with Crippen LogP contribution in [-0.2, 0) is 6.42 Å². The molecule has 2 aromatic rings. The van der Waals surface area contributed by atoms with Crippen LogP contribution in [0.3, 0.4) is 0 Å². The molecule has 0 radical (unpaired) electrons. The zero-order chi connectivity index (χ0) is 15.6. The molecule has 2 nitrogen and oxygen atoms in total. The highest BCUT2D eigenvalue weighted by Crippen LogP contribution is 2.08. The van der Waals surface area contributed by atoms with Gasteiger partial charge in [0.25, 0.3) is 0 Å². The van der Waals surface area contributed by atoms with Gasteiger partial charge >= 0.3 is 0 Å². The van der Waals surface area contributed by atoms with Gasteiger partial charge in [0, 0.05) is 5.02 Å². The van der Waals surface area contributed by atoms with Crippen LogP contribution in [0.5, 0.6) is 0 Å². The number of rotatable bonds is 6.